The van der Waals surface area contributed by atoms with Crippen molar-refractivity contribution >= 4 is 5.91 Å². The topological polar surface area (TPSA) is 49.0 Å². The summed E-state index contributed by atoms with van der Waals surface area (Å²) in [7, 11) is 0. The van der Waals surface area contributed by atoms with E-state index in [1.54, 1.807) is 4.90 Å². The molecular formula is C17H18F3N3O. The minimum atomic E-state index is -4.52. The number of carbonyl (C=O) groups excluding carboxylic acids is 1. The fourth-order valence-electron chi connectivity index (χ4n) is 3.03. The van der Waals surface area contributed by atoms with Crippen LogP contribution in [0.5, 0.6) is 0 Å². The Morgan fingerprint density at radius 3 is 2.46 bits per heavy atom. The normalized spacial score (nSPS) is 16.4. The molecule has 0 saturated carbocycles. The number of hydrogen-bond donors (Lipinski definition) is 1. The number of halogens is 3. The van der Waals surface area contributed by atoms with Crippen molar-refractivity contribution in [1.29, 1.82) is 0 Å². The number of amides is 1. The maximum absolute atomic E-state index is 12.6. The van der Waals surface area contributed by atoms with Crippen molar-refractivity contribution in [3.8, 4) is 0 Å². The Morgan fingerprint density at radius 1 is 1.21 bits per heavy atom. The molecule has 7 heteroatoms. The third kappa shape index (κ3) is 3.77. The minimum Gasteiger partial charge on any atom is -0.337 e. The number of hydrogen-bond acceptors (Lipinski definition) is 2. The highest BCUT2D eigenvalue weighted by molar-refractivity contribution is 5.92. The third-order valence-corrected chi connectivity index (χ3v) is 4.37. The maximum atomic E-state index is 12.6. The molecule has 24 heavy (non-hydrogen) atoms. The van der Waals surface area contributed by atoms with Crippen molar-refractivity contribution in [1.82, 2.24) is 15.1 Å². The highest BCUT2D eigenvalue weighted by Crippen LogP contribution is 2.28. The molecule has 1 amide bonds. The Hall–Kier alpha value is -2.31. The molecule has 1 aromatic carbocycles. The Kier molecular flexibility index (Phi) is 4.59. The molecule has 3 rings (SSSR count). The zero-order valence-electron chi connectivity index (χ0n) is 13.0. The van der Waals surface area contributed by atoms with Crippen LogP contribution < -0.4 is 0 Å². The molecule has 0 unspecified atom stereocenters. The van der Waals surface area contributed by atoms with E-state index < -0.39 is 17.8 Å². The fourth-order valence-corrected chi connectivity index (χ4v) is 3.03. The van der Waals surface area contributed by atoms with E-state index in [0.29, 0.717) is 19.0 Å². The van der Waals surface area contributed by atoms with Crippen molar-refractivity contribution in [3.63, 3.8) is 0 Å². The van der Waals surface area contributed by atoms with Gasteiger partial charge in [0.05, 0.1) is 0 Å². The van der Waals surface area contributed by atoms with E-state index in [2.05, 4.69) is 17.2 Å². The van der Waals surface area contributed by atoms with Crippen LogP contribution in [0, 0.1) is 5.92 Å². The molecule has 0 spiro atoms. The first-order valence-electron chi connectivity index (χ1n) is 7.89. The number of carbonyl (C=O) groups is 1. The first kappa shape index (κ1) is 16.5. The summed E-state index contributed by atoms with van der Waals surface area (Å²) in [5.41, 5.74) is 0.0954. The Labute approximate surface area is 137 Å². The van der Waals surface area contributed by atoms with E-state index in [-0.39, 0.29) is 5.69 Å². The van der Waals surface area contributed by atoms with Crippen molar-refractivity contribution in [3.05, 3.63) is 53.3 Å². The summed E-state index contributed by atoms with van der Waals surface area (Å²) < 4.78 is 37.7. The van der Waals surface area contributed by atoms with E-state index in [9.17, 15) is 18.0 Å². The first-order chi connectivity index (χ1) is 11.4. The van der Waals surface area contributed by atoms with Crippen molar-refractivity contribution < 1.29 is 18.0 Å². The van der Waals surface area contributed by atoms with Crippen LogP contribution in [0.2, 0.25) is 0 Å². The Bertz CT molecular complexity index is 689. The molecule has 2 aromatic rings. The van der Waals surface area contributed by atoms with Gasteiger partial charge in [-0.25, -0.2) is 0 Å². The monoisotopic (exact) mass is 337 g/mol. The van der Waals surface area contributed by atoms with Crippen molar-refractivity contribution in [2.45, 2.75) is 25.4 Å². The molecule has 1 aromatic heterocycles. The Balaban J connectivity index is 1.56. The number of likely N-dealkylation sites (tertiary alicyclic amines) is 1. The van der Waals surface area contributed by atoms with Gasteiger partial charge in [0.2, 0.25) is 0 Å². The molecule has 1 fully saturated rings. The van der Waals surface area contributed by atoms with E-state index >= 15 is 0 Å². The van der Waals surface area contributed by atoms with Crippen LogP contribution in [0.1, 0.15) is 34.6 Å². The van der Waals surface area contributed by atoms with Crippen molar-refractivity contribution in [2.75, 3.05) is 13.1 Å². The zero-order valence-corrected chi connectivity index (χ0v) is 13.0. The zero-order chi connectivity index (χ0) is 17.2. The van der Waals surface area contributed by atoms with E-state index in [0.717, 1.165) is 25.3 Å². The number of nitrogens with one attached hydrogen (secondary N) is 1. The average molecular weight is 337 g/mol. The lowest BCUT2D eigenvalue weighted by molar-refractivity contribution is -0.141. The molecule has 4 nitrogen and oxygen atoms in total. The summed E-state index contributed by atoms with van der Waals surface area (Å²) in [6, 6.07) is 10.9. The van der Waals surface area contributed by atoms with Gasteiger partial charge in [0.1, 0.15) is 5.69 Å². The summed E-state index contributed by atoms with van der Waals surface area (Å²) in [6.45, 7) is 1.09. The standard InChI is InChI=1S/C17H18F3N3O/c18-17(19,20)15-11-14(21-22-15)16(24)23-8-6-13(7-9-23)10-12-4-2-1-3-5-12/h1-5,11,13H,6-10H2,(H,21,22). The summed E-state index contributed by atoms with van der Waals surface area (Å²) >= 11 is 0. The number of aromatic amines is 1. The quantitative estimate of drug-likeness (QED) is 0.931. The smallest absolute Gasteiger partial charge is 0.337 e. The largest absolute Gasteiger partial charge is 0.432 e. The van der Waals surface area contributed by atoms with E-state index in [1.165, 1.54) is 5.56 Å². The number of aromatic nitrogens is 2. The molecule has 1 saturated heterocycles. The van der Waals surface area contributed by atoms with Gasteiger partial charge in [-0.1, -0.05) is 30.3 Å². The summed E-state index contributed by atoms with van der Waals surface area (Å²) in [5, 5.41) is 5.39. The Morgan fingerprint density at radius 2 is 1.88 bits per heavy atom. The molecule has 128 valence electrons. The van der Waals surface area contributed by atoms with Gasteiger partial charge in [-0.05, 0) is 30.7 Å². The lowest BCUT2D eigenvalue weighted by Crippen LogP contribution is -2.39. The van der Waals surface area contributed by atoms with Crippen LogP contribution >= 0.6 is 0 Å². The molecule has 1 aliphatic heterocycles. The van der Waals surface area contributed by atoms with Gasteiger partial charge in [0, 0.05) is 19.2 Å². The lowest BCUT2D eigenvalue weighted by atomic mass is 9.90. The van der Waals surface area contributed by atoms with Crippen LogP contribution in [-0.2, 0) is 12.6 Å². The van der Waals surface area contributed by atoms with Gasteiger partial charge >= 0.3 is 6.18 Å². The minimum absolute atomic E-state index is 0.177. The lowest BCUT2D eigenvalue weighted by Gasteiger charge is -2.31. The van der Waals surface area contributed by atoms with Gasteiger partial charge in [-0.3, -0.25) is 9.89 Å². The van der Waals surface area contributed by atoms with Gasteiger partial charge in [-0.15, -0.1) is 0 Å². The van der Waals surface area contributed by atoms with Crippen LogP contribution in [-0.4, -0.2) is 34.1 Å². The second-order valence-corrected chi connectivity index (χ2v) is 6.09. The van der Waals surface area contributed by atoms with E-state index in [4.69, 9.17) is 0 Å². The molecule has 0 bridgehead atoms. The van der Waals surface area contributed by atoms with Crippen molar-refractivity contribution in [2.24, 2.45) is 5.92 Å². The summed E-state index contributed by atoms with van der Waals surface area (Å²) in [4.78, 5) is 13.9. The summed E-state index contributed by atoms with van der Waals surface area (Å²) in [6.07, 6.45) is -1.87. The second kappa shape index (κ2) is 6.67. The highest BCUT2D eigenvalue weighted by Gasteiger charge is 2.34. The number of nitrogens with zero attached hydrogens (tertiary/aromatic N) is 2. The van der Waals surface area contributed by atoms with Gasteiger partial charge in [-0.2, -0.15) is 18.3 Å². The van der Waals surface area contributed by atoms with Crippen LogP contribution in [0.25, 0.3) is 0 Å². The van der Waals surface area contributed by atoms with Gasteiger partial charge < -0.3 is 4.90 Å². The highest BCUT2D eigenvalue weighted by atomic mass is 19.4. The molecule has 0 radical (unpaired) electrons. The molecule has 2 heterocycles. The van der Waals surface area contributed by atoms with Gasteiger partial charge in [0.15, 0.2) is 5.69 Å². The summed E-state index contributed by atoms with van der Waals surface area (Å²) in [5.74, 6) is 0.0429. The molecular weight excluding hydrogens is 319 g/mol. The number of benzene rings is 1. The SMILES string of the molecule is O=C(c1cc(C(F)(F)F)[nH]n1)N1CCC(Cc2ccccc2)CC1. The van der Waals surface area contributed by atoms with Gasteiger partial charge in [0.25, 0.3) is 5.91 Å². The number of piperidine rings is 1. The molecule has 1 aliphatic rings. The molecule has 1 N–H and O–H groups in total. The fraction of sp³-hybridized carbons (Fsp3) is 0.412. The van der Waals surface area contributed by atoms with Crippen LogP contribution in [0.15, 0.2) is 36.4 Å². The second-order valence-electron chi connectivity index (χ2n) is 6.09. The molecule has 0 aliphatic carbocycles. The average Bonchev–Trinajstić information content (AvgIpc) is 3.06. The maximum Gasteiger partial charge on any atom is 0.432 e. The first-order valence-corrected chi connectivity index (χ1v) is 7.89. The van der Waals surface area contributed by atoms with Crippen LogP contribution in [0.3, 0.4) is 0 Å². The predicted octanol–water partition coefficient (Wildman–Crippen LogP) is 3.52. The van der Waals surface area contributed by atoms with Crippen LogP contribution in [0.4, 0.5) is 13.2 Å². The molecule has 0 atom stereocenters. The van der Waals surface area contributed by atoms with E-state index in [1.807, 2.05) is 23.3 Å². The number of H-pyrrole nitrogens is 1. The number of rotatable bonds is 3. The third-order valence-electron chi connectivity index (χ3n) is 4.37. The number of alkyl halides is 3. The predicted molar refractivity (Wildman–Crippen MR) is 82.4 cm³/mol.